The van der Waals surface area contributed by atoms with Crippen molar-refractivity contribution in [3.8, 4) is 0 Å². The molecule has 0 aromatic carbocycles. The molecule has 5 heteroatoms. The van der Waals surface area contributed by atoms with Gasteiger partial charge in [0.1, 0.15) is 0 Å². The monoisotopic (exact) mass is 209 g/mol. The minimum absolute atomic E-state index is 0.172. The van der Waals surface area contributed by atoms with Crippen LogP contribution >= 0.6 is 0 Å². The van der Waals surface area contributed by atoms with Crippen LogP contribution in [0.3, 0.4) is 0 Å². The van der Waals surface area contributed by atoms with Gasteiger partial charge in [-0.15, -0.1) is 0 Å². The molecule has 1 aromatic rings. The zero-order valence-corrected chi connectivity index (χ0v) is 9.06. The Hall–Kier alpha value is -1.49. The van der Waals surface area contributed by atoms with E-state index in [2.05, 4.69) is 9.97 Å². The second kappa shape index (κ2) is 4.35. The molecule has 0 spiro atoms. The van der Waals surface area contributed by atoms with Crippen LogP contribution < -0.4 is 5.73 Å². The van der Waals surface area contributed by atoms with E-state index in [-0.39, 0.29) is 11.7 Å². The van der Waals surface area contributed by atoms with Crippen LogP contribution in [-0.4, -0.2) is 21.0 Å². The summed E-state index contributed by atoms with van der Waals surface area (Å²) in [4.78, 5) is 18.8. The van der Waals surface area contributed by atoms with E-state index in [1.165, 1.54) is 0 Å². The van der Waals surface area contributed by atoms with Crippen molar-refractivity contribution >= 4 is 5.97 Å². The number of nitrogens with two attached hydrogens (primary N) is 1. The Bertz CT molecular complexity index is 377. The van der Waals surface area contributed by atoms with Gasteiger partial charge in [-0.25, -0.2) is 9.97 Å². The predicted molar refractivity (Wildman–Crippen MR) is 55.4 cm³/mol. The van der Waals surface area contributed by atoms with Crippen molar-refractivity contribution in [1.29, 1.82) is 0 Å². The molecule has 0 saturated heterocycles. The highest BCUT2D eigenvalue weighted by molar-refractivity contribution is 5.73. The first-order valence-corrected chi connectivity index (χ1v) is 4.75. The number of aliphatic carboxylic acids is 1. The van der Waals surface area contributed by atoms with E-state index < -0.39 is 12.0 Å². The van der Waals surface area contributed by atoms with E-state index in [1.807, 2.05) is 19.9 Å². The topological polar surface area (TPSA) is 89.1 Å². The maximum atomic E-state index is 10.7. The zero-order chi connectivity index (χ0) is 11.6. The van der Waals surface area contributed by atoms with Crippen LogP contribution in [0.1, 0.15) is 43.0 Å². The lowest BCUT2D eigenvalue weighted by atomic mass is 10.1. The second-order valence-electron chi connectivity index (χ2n) is 3.76. The number of aryl methyl sites for hydroxylation is 1. The number of nitrogens with zero attached hydrogens (tertiary/aromatic N) is 2. The van der Waals surface area contributed by atoms with E-state index in [0.717, 1.165) is 11.4 Å². The van der Waals surface area contributed by atoms with E-state index in [1.54, 1.807) is 6.92 Å². The van der Waals surface area contributed by atoms with E-state index in [9.17, 15) is 4.79 Å². The van der Waals surface area contributed by atoms with Crippen molar-refractivity contribution in [2.75, 3.05) is 0 Å². The van der Waals surface area contributed by atoms with Gasteiger partial charge in [-0.1, -0.05) is 13.8 Å². The zero-order valence-electron chi connectivity index (χ0n) is 9.06. The van der Waals surface area contributed by atoms with Gasteiger partial charge in [-0.3, -0.25) is 4.79 Å². The first-order valence-electron chi connectivity index (χ1n) is 4.75. The van der Waals surface area contributed by atoms with Crippen molar-refractivity contribution in [1.82, 2.24) is 9.97 Å². The average molecular weight is 209 g/mol. The second-order valence-corrected chi connectivity index (χ2v) is 3.76. The van der Waals surface area contributed by atoms with Crippen molar-refractivity contribution in [2.24, 2.45) is 5.73 Å². The first kappa shape index (κ1) is 11.6. The molecule has 1 atom stereocenters. The van der Waals surface area contributed by atoms with Crippen LogP contribution in [0, 0.1) is 6.92 Å². The van der Waals surface area contributed by atoms with Crippen LogP contribution in [0.4, 0.5) is 0 Å². The van der Waals surface area contributed by atoms with Gasteiger partial charge in [0, 0.05) is 11.4 Å². The maximum absolute atomic E-state index is 10.7. The Morgan fingerprint density at radius 3 is 2.53 bits per heavy atom. The molecule has 5 nitrogen and oxygen atoms in total. The van der Waals surface area contributed by atoms with Gasteiger partial charge in [-0.05, 0) is 18.9 Å². The summed E-state index contributed by atoms with van der Waals surface area (Å²) in [5, 5.41) is 8.75. The molecular weight excluding hydrogens is 194 g/mol. The predicted octanol–water partition coefficient (Wildman–Crippen LogP) is 0.993. The molecule has 0 bridgehead atoms. The highest BCUT2D eigenvalue weighted by Gasteiger charge is 2.18. The molecule has 1 unspecified atom stereocenters. The average Bonchev–Trinajstić information content (AvgIpc) is 2.15. The van der Waals surface area contributed by atoms with E-state index in [4.69, 9.17) is 10.8 Å². The minimum Gasteiger partial charge on any atom is -0.480 e. The standard InChI is InChI=1S/C10H15N3O2/c1-5(2)7-4-6(3)12-9(13-7)8(11)10(14)15/h4-5,8H,11H2,1-3H3,(H,14,15). The highest BCUT2D eigenvalue weighted by atomic mass is 16.4. The number of carboxylic acids is 1. The Kier molecular flexibility index (Phi) is 3.36. The van der Waals surface area contributed by atoms with E-state index >= 15 is 0 Å². The summed E-state index contributed by atoms with van der Waals surface area (Å²) < 4.78 is 0. The molecule has 0 amide bonds. The molecule has 0 aliphatic rings. The smallest absolute Gasteiger partial charge is 0.328 e. The molecule has 0 saturated carbocycles. The fourth-order valence-electron chi connectivity index (χ4n) is 1.16. The van der Waals surface area contributed by atoms with Crippen LogP contribution in [0.5, 0.6) is 0 Å². The molecule has 3 N–H and O–H groups in total. The van der Waals surface area contributed by atoms with Gasteiger partial charge < -0.3 is 10.8 Å². The molecule has 15 heavy (non-hydrogen) atoms. The van der Waals surface area contributed by atoms with Crippen LogP contribution in [0.2, 0.25) is 0 Å². The molecule has 1 aromatic heterocycles. The number of hydrogen-bond acceptors (Lipinski definition) is 4. The van der Waals surface area contributed by atoms with Gasteiger partial charge in [0.05, 0.1) is 0 Å². The minimum atomic E-state index is -1.15. The van der Waals surface area contributed by atoms with Gasteiger partial charge in [0.25, 0.3) is 0 Å². The van der Waals surface area contributed by atoms with Gasteiger partial charge in [0.2, 0.25) is 0 Å². The largest absolute Gasteiger partial charge is 0.480 e. The van der Waals surface area contributed by atoms with Crippen LogP contribution in [0.15, 0.2) is 6.07 Å². The Labute approximate surface area is 88.4 Å². The molecular formula is C10H15N3O2. The third-order valence-corrected chi connectivity index (χ3v) is 2.03. The quantitative estimate of drug-likeness (QED) is 0.775. The van der Waals surface area contributed by atoms with Crippen molar-refractivity contribution in [2.45, 2.75) is 32.7 Å². The number of carbonyl (C=O) groups is 1. The van der Waals surface area contributed by atoms with E-state index in [0.29, 0.717) is 0 Å². The van der Waals surface area contributed by atoms with Crippen LogP contribution in [0.25, 0.3) is 0 Å². The highest BCUT2D eigenvalue weighted by Crippen LogP contribution is 2.14. The lowest BCUT2D eigenvalue weighted by molar-refractivity contribution is -0.138. The van der Waals surface area contributed by atoms with Gasteiger partial charge in [0.15, 0.2) is 11.9 Å². The van der Waals surface area contributed by atoms with Gasteiger partial charge >= 0.3 is 5.97 Å². The summed E-state index contributed by atoms with van der Waals surface area (Å²) in [5.74, 6) is -0.715. The number of hydrogen-bond donors (Lipinski definition) is 2. The molecule has 0 radical (unpaired) electrons. The van der Waals surface area contributed by atoms with Crippen molar-refractivity contribution in [3.05, 3.63) is 23.3 Å². The summed E-state index contributed by atoms with van der Waals surface area (Å²) in [6.45, 7) is 5.77. The SMILES string of the molecule is Cc1cc(C(C)C)nc(C(N)C(=O)O)n1. The summed E-state index contributed by atoms with van der Waals surface area (Å²) in [6.07, 6.45) is 0. The van der Waals surface area contributed by atoms with Crippen molar-refractivity contribution in [3.63, 3.8) is 0 Å². The fraction of sp³-hybridized carbons (Fsp3) is 0.500. The number of aromatic nitrogens is 2. The Morgan fingerprint density at radius 1 is 1.47 bits per heavy atom. The summed E-state index contributed by atoms with van der Waals surface area (Å²) in [6, 6.07) is 0.685. The Balaban J connectivity index is 3.14. The normalized spacial score (nSPS) is 12.9. The van der Waals surface area contributed by atoms with Gasteiger partial charge in [-0.2, -0.15) is 0 Å². The first-order chi connectivity index (χ1) is 6.91. The molecule has 0 fully saturated rings. The molecule has 1 rings (SSSR count). The molecule has 1 heterocycles. The van der Waals surface area contributed by atoms with Crippen LogP contribution in [-0.2, 0) is 4.79 Å². The summed E-state index contributed by atoms with van der Waals surface area (Å²) >= 11 is 0. The third-order valence-electron chi connectivity index (χ3n) is 2.03. The molecule has 0 aliphatic carbocycles. The number of rotatable bonds is 3. The number of carboxylic acid groups (broad SMARTS) is 1. The van der Waals surface area contributed by atoms with Crippen molar-refractivity contribution < 1.29 is 9.90 Å². The lowest BCUT2D eigenvalue weighted by Crippen LogP contribution is -2.24. The maximum Gasteiger partial charge on any atom is 0.328 e. The molecule has 0 aliphatic heterocycles. The Morgan fingerprint density at radius 2 is 2.07 bits per heavy atom. The fourth-order valence-corrected chi connectivity index (χ4v) is 1.16. The lowest BCUT2D eigenvalue weighted by Gasteiger charge is -2.10. The molecule has 82 valence electrons. The summed E-state index contributed by atoms with van der Waals surface area (Å²) in [5.41, 5.74) is 7.00. The summed E-state index contributed by atoms with van der Waals surface area (Å²) in [7, 11) is 0. The third kappa shape index (κ3) is 2.73.